The number of aryl methyl sites for hydroxylation is 1. The van der Waals surface area contributed by atoms with Crippen LogP contribution in [-0.2, 0) is 13.6 Å². The van der Waals surface area contributed by atoms with Gasteiger partial charge in [0.2, 0.25) is 0 Å². The first-order valence-corrected chi connectivity index (χ1v) is 5.96. The summed E-state index contributed by atoms with van der Waals surface area (Å²) in [5.41, 5.74) is 3.00. The Morgan fingerprint density at radius 2 is 2.32 bits per heavy atom. The molecule has 0 aliphatic rings. The number of aromatic nitrogens is 2. The van der Waals surface area contributed by atoms with Gasteiger partial charge in [-0.2, -0.15) is 0 Å². The highest BCUT2D eigenvalue weighted by Gasteiger charge is 2.08. The van der Waals surface area contributed by atoms with Gasteiger partial charge in [-0.15, -0.1) is 0 Å². The fourth-order valence-electron chi connectivity index (χ4n) is 1.97. The average molecular weight is 255 g/mol. The van der Waals surface area contributed by atoms with Gasteiger partial charge in [-0.25, -0.2) is 4.98 Å². The quantitative estimate of drug-likeness (QED) is 0.779. The van der Waals surface area contributed by atoms with Gasteiger partial charge in [-0.1, -0.05) is 6.07 Å². The van der Waals surface area contributed by atoms with Crippen LogP contribution >= 0.6 is 0 Å². The number of nitrogens with one attached hydrogen (secondary N) is 1. The summed E-state index contributed by atoms with van der Waals surface area (Å²) >= 11 is 0. The summed E-state index contributed by atoms with van der Waals surface area (Å²) in [5, 5.41) is 2.81. The summed E-state index contributed by atoms with van der Waals surface area (Å²) in [6, 6.07) is 9.27. The minimum Gasteiger partial charge on any atom is -0.459 e. The number of benzene rings is 1. The van der Waals surface area contributed by atoms with Gasteiger partial charge in [0.05, 0.1) is 23.6 Å². The highest BCUT2D eigenvalue weighted by atomic mass is 16.3. The molecule has 0 radical (unpaired) electrons. The van der Waals surface area contributed by atoms with E-state index >= 15 is 0 Å². The molecule has 3 aromatic rings. The smallest absolute Gasteiger partial charge is 0.287 e. The lowest BCUT2D eigenvalue weighted by molar-refractivity contribution is 0.0923. The van der Waals surface area contributed by atoms with E-state index in [1.807, 2.05) is 29.8 Å². The van der Waals surface area contributed by atoms with Crippen molar-refractivity contribution in [2.24, 2.45) is 7.05 Å². The van der Waals surface area contributed by atoms with Crippen molar-refractivity contribution in [1.29, 1.82) is 0 Å². The van der Waals surface area contributed by atoms with E-state index in [9.17, 15) is 4.79 Å². The highest BCUT2D eigenvalue weighted by molar-refractivity contribution is 5.91. The molecule has 0 fully saturated rings. The van der Waals surface area contributed by atoms with E-state index in [1.54, 1.807) is 18.5 Å². The van der Waals surface area contributed by atoms with Crippen LogP contribution < -0.4 is 5.32 Å². The maximum absolute atomic E-state index is 11.7. The van der Waals surface area contributed by atoms with Crippen molar-refractivity contribution in [2.45, 2.75) is 6.54 Å². The minimum atomic E-state index is -0.217. The van der Waals surface area contributed by atoms with E-state index in [1.165, 1.54) is 6.26 Å². The Morgan fingerprint density at radius 1 is 1.42 bits per heavy atom. The van der Waals surface area contributed by atoms with E-state index in [0.29, 0.717) is 12.3 Å². The molecule has 0 saturated carbocycles. The molecule has 1 aromatic carbocycles. The normalized spacial score (nSPS) is 10.8. The van der Waals surface area contributed by atoms with Crippen molar-refractivity contribution in [3.8, 4) is 0 Å². The number of carbonyl (C=O) groups excluding carboxylic acids is 1. The van der Waals surface area contributed by atoms with E-state index in [-0.39, 0.29) is 5.91 Å². The molecule has 0 spiro atoms. The first kappa shape index (κ1) is 11.5. The number of fused-ring (bicyclic) bond motifs is 1. The van der Waals surface area contributed by atoms with Crippen molar-refractivity contribution in [3.63, 3.8) is 0 Å². The maximum atomic E-state index is 11.7. The fraction of sp³-hybridized carbons (Fsp3) is 0.143. The van der Waals surface area contributed by atoms with Crippen molar-refractivity contribution in [1.82, 2.24) is 14.9 Å². The molecule has 19 heavy (non-hydrogen) atoms. The van der Waals surface area contributed by atoms with Gasteiger partial charge >= 0.3 is 0 Å². The van der Waals surface area contributed by atoms with Crippen LogP contribution in [0.1, 0.15) is 16.1 Å². The van der Waals surface area contributed by atoms with Gasteiger partial charge in [0, 0.05) is 13.6 Å². The molecule has 1 amide bonds. The topological polar surface area (TPSA) is 60.1 Å². The summed E-state index contributed by atoms with van der Waals surface area (Å²) < 4.78 is 6.99. The maximum Gasteiger partial charge on any atom is 0.287 e. The summed E-state index contributed by atoms with van der Waals surface area (Å²) in [5.74, 6) is 0.102. The van der Waals surface area contributed by atoms with Crippen LogP contribution in [0.15, 0.2) is 47.3 Å². The SMILES string of the molecule is Cn1cnc2cc(CNC(=O)c3ccco3)ccc21. The lowest BCUT2D eigenvalue weighted by atomic mass is 10.2. The van der Waals surface area contributed by atoms with Crippen LogP contribution in [0.25, 0.3) is 11.0 Å². The number of rotatable bonds is 3. The standard InChI is InChI=1S/C14H13N3O2/c1-17-9-16-11-7-10(4-5-12(11)17)8-15-14(18)13-3-2-6-19-13/h2-7,9H,8H2,1H3,(H,15,18). The highest BCUT2D eigenvalue weighted by Crippen LogP contribution is 2.13. The molecular formula is C14H13N3O2. The molecule has 0 aliphatic carbocycles. The Hall–Kier alpha value is -2.56. The van der Waals surface area contributed by atoms with Crippen LogP contribution in [0.4, 0.5) is 0 Å². The Labute approximate surface area is 109 Å². The number of furan rings is 1. The summed E-state index contributed by atoms with van der Waals surface area (Å²) in [6.07, 6.45) is 3.25. The molecule has 5 nitrogen and oxygen atoms in total. The predicted molar refractivity (Wildman–Crippen MR) is 70.6 cm³/mol. The van der Waals surface area contributed by atoms with Gasteiger partial charge in [-0.05, 0) is 29.8 Å². The van der Waals surface area contributed by atoms with Crippen molar-refractivity contribution in [2.75, 3.05) is 0 Å². The Balaban J connectivity index is 1.73. The summed E-state index contributed by atoms with van der Waals surface area (Å²) in [7, 11) is 1.95. The van der Waals surface area contributed by atoms with E-state index in [4.69, 9.17) is 4.42 Å². The van der Waals surface area contributed by atoms with E-state index in [2.05, 4.69) is 10.3 Å². The van der Waals surface area contributed by atoms with Gasteiger partial charge in [0.25, 0.3) is 5.91 Å². The Morgan fingerprint density at radius 3 is 3.11 bits per heavy atom. The van der Waals surface area contributed by atoms with E-state index in [0.717, 1.165) is 16.6 Å². The van der Waals surface area contributed by atoms with Crippen LogP contribution in [0.2, 0.25) is 0 Å². The largest absolute Gasteiger partial charge is 0.459 e. The molecule has 3 rings (SSSR count). The molecule has 2 aromatic heterocycles. The zero-order chi connectivity index (χ0) is 13.2. The second kappa shape index (κ2) is 4.61. The lowest BCUT2D eigenvalue weighted by Gasteiger charge is -2.04. The second-order valence-electron chi connectivity index (χ2n) is 4.34. The minimum absolute atomic E-state index is 0.217. The Bertz CT molecular complexity index is 713. The molecule has 0 aliphatic heterocycles. The first-order chi connectivity index (χ1) is 9.24. The third kappa shape index (κ3) is 2.22. The molecule has 0 atom stereocenters. The number of hydrogen-bond donors (Lipinski definition) is 1. The van der Waals surface area contributed by atoms with Crippen molar-refractivity contribution < 1.29 is 9.21 Å². The first-order valence-electron chi connectivity index (χ1n) is 5.96. The third-order valence-corrected chi connectivity index (χ3v) is 2.99. The molecular weight excluding hydrogens is 242 g/mol. The fourth-order valence-corrected chi connectivity index (χ4v) is 1.97. The second-order valence-corrected chi connectivity index (χ2v) is 4.34. The van der Waals surface area contributed by atoms with Crippen LogP contribution in [0, 0.1) is 0 Å². The lowest BCUT2D eigenvalue weighted by Crippen LogP contribution is -2.22. The molecule has 0 unspecified atom stereocenters. The number of carbonyl (C=O) groups is 1. The number of imidazole rings is 1. The zero-order valence-corrected chi connectivity index (χ0v) is 10.5. The van der Waals surface area contributed by atoms with Crippen molar-refractivity contribution >= 4 is 16.9 Å². The molecule has 0 saturated heterocycles. The summed E-state index contributed by atoms with van der Waals surface area (Å²) in [6.45, 7) is 0.450. The third-order valence-electron chi connectivity index (χ3n) is 2.99. The predicted octanol–water partition coefficient (Wildman–Crippen LogP) is 2.10. The molecule has 0 bridgehead atoms. The average Bonchev–Trinajstić information content (AvgIpc) is 3.06. The molecule has 2 heterocycles. The Kier molecular flexibility index (Phi) is 2.79. The monoisotopic (exact) mass is 255 g/mol. The molecule has 5 heteroatoms. The van der Waals surface area contributed by atoms with Crippen LogP contribution in [0.3, 0.4) is 0 Å². The van der Waals surface area contributed by atoms with E-state index < -0.39 is 0 Å². The van der Waals surface area contributed by atoms with Crippen LogP contribution in [-0.4, -0.2) is 15.5 Å². The van der Waals surface area contributed by atoms with Gasteiger partial charge in [0.1, 0.15) is 0 Å². The van der Waals surface area contributed by atoms with Crippen molar-refractivity contribution in [3.05, 3.63) is 54.2 Å². The number of nitrogens with zero attached hydrogens (tertiary/aromatic N) is 2. The van der Waals surface area contributed by atoms with Crippen LogP contribution in [0.5, 0.6) is 0 Å². The van der Waals surface area contributed by atoms with Gasteiger partial charge in [0.15, 0.2) is 5.76 Å². The number of amides is 1. The van der Waals surface area contributed by atoms with Gasteiger partial charge < -0.3 is 14.3 Å². The zero-order valence-electron chi connectivity index (χ0n) is 10.5. The molecule has 96 valence electrons. The summed E-state index contributed by atoms with van der Waals surface area (Å²) in [4.78, 5) is 16.0. The van der Waals surface area contributed by atoms with Gasteiger partial charge in [-0.3, -0.25) is 4.79 Å². The molecule has 1 N–H and O–H groups in total. The number of hydrogen-bond acceptors (Lipinski definition) is 3.